The first-order chi connectivity index (χ1) is 18.3. The number of hydrogen-bond donors (Lipinski definition) is 2. The Bertz CT molecular complexity index is 1470. The van der Waals surface area contributed by atoms with Gasteiger partial charge in [-0.05, 0) is 43.5 Å². The molecule has 1 aliphatic heterocycles. The van der Waals surface area contributed by atoms with Crippen molar-refractivity contribution in [3.05, 3.63) is 45.4 Å². The molecule has 0 aliphatic carbocycles. The molecule has 0 saturated carbocycles. The SMILES string of the molecule is CCCOc1ccc(S(=O)(=O)N2CCN(CCO)CC2)cc1-c1[nH]c(=O)c2c(C)c(C=O)c(CCC)n2[nH+]1. The van der Waals surface area contributed by atoms with E-state index >= 15 is 0 Å². The summed E-state index contributed by atoms with van der Waals surface area (Å²) in [6.07, 6.45) is 2.87. The number of rotatable bonds is 11. The Labute approximate surface area is 222 Å². The molecular formula is C26H36N5O6S+. The van der Waals surface area contributed by atoms with E-state index in [4.69, 9.17) is 4.74 Å². The van der Waals surface area contributed by atoms with Crippen LogP contribution in [0.2, 0.25) is 0 Å². The van der Waals surface area contributed by atoms with Gasteiger partial charge in [0.05, 0.1) is 23.8 Å². The van der Waals surface area contributed by atoms with Crippen LogP contribution in [-0.2, 0) is 16.4 Å². The van der Waals surface area contributed by atoms with Gasteiger partial charge in [-0.2, -0.15) is 13.9 Å². The number of carbonyl (C=O) groups is 1. The molecule has 1 aliphatic rings. The number of sulfonamides is 1. The first-order valence-corrected chi connectivity index (χ1v) is 14.5. The van der Waals surface area contributed by atoms with Crippen LogP contribution in [0.3, 0.4) is 0 Å². The molecule has 12 heteroatoms. The number of fused-ring (bicyclic) bond motifs is 1. The van der Waals surface area contributed by atoms with E-state index in [1.807, 2.05) is 18.7 Å². The Morgan fingerprint density at radius 1 is 1.16 bits per heavy atom. The van der Waals surface area contributed by atoms with Gasteiger partial charge >= 0.3 is 11.4 Å². The van der Waals surface area contributed by atoms with Gasteiger partial charge in [-0.15, -0.1) is 0 Å². The van der Waals surface area contributed by atoms with Crippen LogP contribution in [0.15, 0.2) is 27.9 Å². The topological polar surface area (TPSA) is 139 Å². The molecule has 0 spiro atoms. The third-order valence-corrected chi connectivity index (χ3v) is 8.81. The van der Waals surface area contributed by atoms with Crippen molar-refractivity contribution in [1.82, 2.24) is 18.7 Å². The predicted molar refractivity (Wildman–Crippen MR) is 142 cm³/mol. The van der Waals surface area contributed by atoms with Gasteiger partial charge in [0.25, 0.3) is 0 Å². The highest BCUT2D eigenvalue weighted by Gasteiger charge is 2.31. The quantitative estimate of drug-likeness (QED) is 0.345. The van der Waals surface area contributed by atoms with Gasteiger partial charge in [0, 0.05) is 38.3 Å². The fourth-order valence-electron chi connectivity index (χ4n) is 4.93. The van der Waals surface area contributed by atoms with Crippen LogP contribution in [0.4, 0.5) is 0 Å². The van der Waals surface area contributed by atoms with Crippen LogP contribution < -0.4 is 15.4 Å². The second-order valence-corrected chi connectivity index (χ2v) is 11.4. The molecule has 3 N–H and O–H groups in total. The maximum atomic E-state index is 13.6. The van der Waals surface area contributed by atoms with Crippen molar-refractivity contribution in [2.75, 3.05) is 45.9 Å². The van der Waals surface area contributed by atoms with Crippen LogP contribution in [0.25, 0.3) is 16.9 Å². The number of aliphatic hydroxyl groups excluding tert-OH is 1. The summed E-state index contributed by atoms with van der Waals surface area (Å²) in [4.78, 5) is 30.0. The lowest BCUT2D eigenvalue weighted by molar-refractivity contribution is -0.462. The largest absolute Gasteiger partial charge is 0.493 e. The zero-order valence-corrected chi connectivity index (χ0v) is 22.9. The summed E-state index contributed by atoms with van der Waals surface area (Å²) in [7, 11) is -3.81. The van der Waals surface area contributed by atoms with Crippen LogP contribution in [0, 0.1) is 6.92 Å². The molecule has 3 aromatic rings. The van der Waals surface area contributed by atoms with Gasteiger partial charge in [0.2, 0.25) is 10.0 Å². The van der Waals surface area contributed by atoms with E-state index in [2.05, 4.69) is 10.1 Å². The summed E-state index contributed by atoms with van der Waals surface area (Å²) < 4.78 is 36.1. The Morgan fingerprint density at radius 3 is 2.53 bits per heavy atom. The number of aldehydes is 1. The second-order valence-electron chi connectivity index (χ2n) is 9.45. The zero-order chi connectivity index (χ0) is 27.4. The van der Waals surface area contributed by atoms with Gasteiger partial charge < -0.3 is 9.84 Å². The molecule has 0 bridgehead atoms. The molecule has 11 nitrogen and oxygen atoms in total. The van der Waals surface area contributed by atoms with Crippen molar-refractivity contribution >= 4 is 21.8 Å². The van der Waals surface area contributed by atoms with Crippen molar-refractivity contribution in [3.63, 3.8) is 0 Å². The van der Waals surface area contributed by atoms with E-state index in [-0.39, 0.29) is 17.3 Å². The van der Waals surface area contributed by atoms with Crippen LogP contribution in [0.1, 0.15) is 48.3 Å². The summed E-state index contributed by atoms with van der Waals surface area (Å²) in [6, 6.07) is 4.65. The Morgan fingerprint density at radius 2 is 1.89 bits per heavy atom. The second kappa shape index (κ2) is 11.8. The van der Waals surface area contributed by atoms with Gasteiger partial charge in [-0.3, -0.25) is 9.69 Å². The third-order valence-electron chi connectivity index (χ3n) is 6.91. The molecule has 1 aromatic carbocycles. The zero-order valence-electron chi connectivity index (χ0n) is 22.1. The van der Waals surface area contributed by atoms with Crippen molar-refractivity contribution in [1.29, 1.82) is 0 Å². The lowest BCUT2D eigenvalue weighted by Crippen LogP contribution is -2.49. The van der Waals surface area contributed by atoms with E-state index in [0.29, 0.717) is 79.4 Å². The summed E-state index contributed by atoms with van der Waals surface area (Å²) in [5.74, 6) is 0.713. The monoisotopic (exact) mass is 546 g/mol. The number of aryl methyl sites for hydroxylation is 2. The Hall–Kier alpha value is -3.06. The standard InChI is InChI=1S/C26H35N5O6S/c1-4-6-22-21(17-33)18(3)24-26(34)27-25(28-31(22)24)20-16-19(7-8-23(20)37-15-5-2)38(35,36)30-11-9-29(10-12-30)13-14-32/h7-8,16-17,32H,4-6,9-15H2,1-3H3,(H,27,28,34)/p+1. The number of β-amino-alcohol motifs (C(OH)–C–C–N with tert-alkyl or cyclic N) is 1. The highest BCUT2D eigenvalue weighted by molar-refractivity contribution is 7.89. The third kappa shape index (κ3) is 5.26. The minimum Gasteiger partial charge on any atom is -0.493 e. The number of piperazine rings is 1. The van der Waals surface area contributed by atoms with E-state index in [9.17, 15) is 23.1 Å². The molecule has 4 rings (SSSR count). The molecule has 0 amide bonds. The van der Waals surface area contributed by atoms with Gasteiger partial charge in [0.1, 0.15) is 11.3 Å². The molecule has 38 heavy (non-hydrogen) atoms. The number of nitrogens with zero attached hydrogens (tertiary/aromatic N) is 3. The number of hydrogen-bond acceptors (Lipinski definition) is 7. The summed E-state index contributed by atoms with van der Waals surface area (Å²) in [5, 5.41) is 12.4. The molecule has 1 saturated heterocycles. The van der Waals surface area contributed by atoms with E-state index in [1.54, 1.807) is 17.5 Å². The molecule has 0 unspecified atom stereocenters. The van der Waals surface area contributed by atoms with E-state index in [1.165, 1.54) is 16.4 Å². The maximum Gasteiger partial charge on any atom is 0.359 e. The van der Waals surface area contributed by atoms with Crippen molar-refractivity contribution < 1.29 is 28.2 Å². The molecule has 3 heterocycles. The molecule has 206 valence electrons. The number of ether oxygens (including phenoxy) is 1. The summed E-state index contributed by atoms with van der Waals surface area (Å²) >= 11 is 0. The normalized spacial score (nSPS) is 15.3. The highest BCUT2D eigenvalue weighted by atomic mass is 32.2. The maximum absolute atomic E-state index is 13.6. The summed E-state index contributed by atoms with van der Waals surface area (Å²) in [6.45, 7) is 8.36. The first-order valence-electron chi connectivity index (χ1n) is 13.0. The minimum atomic E-state index is -3.81. The van der Waals surface area contributed by atoms with Crippen molar-refractivity contribution in [2.24, 2.45) is 0 Å². The summed E-state index contributed by atoms with van der Waals surface area (Å²) in [5.41, 5.74) is 2.12. The molecule has 0 radical (unpaired) electrons. The van der Waals surface area contributed by atoms with E-state index < -0.39 is 15.6 Å². The average Bonchev–Trinajstić information content (AvgIpc) is 3.18. The number of aromatic amines is 2. The van der Waals surface area contributed by atoms with Crippen LogP contribution in [0.5, 0.6) is 5.75 Å². The Balaban J connectivity index is 1.83. The van der Waals surface area contributed by atoms with Gasteiger partial charge in [0.15, 0.2) is 11.8 Å². The molecule has 1 fully saturated rings. The lowest BCUT2D eigenvalue weighted by Gasteiger charge is -2.33. The van der Waals surface area contributed by atoms with Crippen LogP contribution >= 0.6 is 0 Å². The average molecular weight is 547 g/mol. The number of benzene rings is 1. The Kier molecular flexibility index (Phi) is 8.66. The lowest BCUT2D eigenvalue weighted by atomic mass is 10.1. The van der Waals surface area contributed by atoms with Crippen molar-refractivity contribution in [2.45, 2.75) is 44.9 Å². The van der Waals surface area contributed by atoms with Gasteiger partial charge in [-0.1, -0.05) is 20.3 Å². The smallest absolute Gasteiger partial charge is 0.359 e. The molecular weight excluding hydrogens is 510 g/mol. The fourth-order valence-corrected chi connectivity index (χ4v) is 6.38. The van der Waals surface area contributed by atoms with Crippen LogP contribution in [-0.4, -0.2) is 84.5 Å². The van der Waals surface area contributed by atoms with Gasteiger partial charge in [-0.25, -0.2) is 18.2 Å². The molecule has 0 atom stereocenters. The van der Waals surface area contributed by atoms with E-state index in [0.717, 1.165) is 19.1 Å². The minimum absolute atomic E-state index is 0.0314. The first kappa shape index (κ1) is 28.0. The molecule has 2 aromatic heterocycles. The number of nitrogens with one attached hydrogen (secondary N) is 2. The number of carbonyl (C=O) groups excluding carboxylic acids is 1. The van der Waals surface area contributed by atoms with Crippen molar-refractivity contribution in [3.8, 4) is 17.1 Å². The number of aromatic nitrogens is 3. The predicted octanol–water partition coefficient (Wildman–Crippen LogP) is 1.27. The number of aliphatic hydroxyl groups is 1. The highest BCUT2D eigenvalue weighted by Crippen LogP contribution is 2.31. The number of H-pyrrole nitrogens is 2. The fraction of sp³-hybridized carbons (Fsp3) is 0.500.